The summed E-state index contributed by atoms with van der Waals surface area (Å²) in [6.07, 6.45) is 0. The van der Waals surface area contributed by atoms with E-state index in [0.717, 1.165) is 20.2 Å². The van der Waals surface area contributed by atoms with Gasteiger partial charge >= 0.3 is 0 Å². The molecule has 108 valence electrons. The molecule has 0 aliphatic carbocycles. The van der Waals surface area contributed by atoms with Gasteiger partial charge in [-0.2, -0.15) is 0 Å². The Bertz CT molecular complexity index is 1020. The third kappa shape index (κ3) is 1.97. The molecule has 1 heterocycles. The molecule has 3 aromatic carbocycles. The number of rotatable bonds is 1. The van der Waals surface area contributed by atoms with Crippen LogP contribution in [-0.4, -0.2) is 5.11 Å². The van der Waals surface area contributed by atoms with E-state index in [2.05, 4.69) is 0 Å². The molecule has 0 saturated carbocycles. The molecule has 0 aliphatic rings. The first-order valence-corrected chi connectivity index (χ1v) is 7.93. The molecule has 0 spiro atoms. The number of hydrogen-bond donors (Lipinski definition) is 1. The highest BCUT2D eigenvalue weighted by Crippen LogP contribution is 2.43. The molecule has 0 fully saturated rings. The van der Waals surface area contributed by atoms with Crippen molar-refractivity contribution < 1.29 is 9.50 Å². The summed E-state index contributed by atoms with van der Waals surface area (Å²) in [5.41, 5.74) is 0.881. The lowest BCUT2D eigenvalue weighted by atomic mass is 10.0. The van der Waals surface area contributed by atoms with E-state index in [0.29, 0.717) is 16.1 Å². The van der Waals surface area contributed by atoms with Crippen LogP contribution in [0.3, 0.4) is 0 Å². The van der Waals surface area contributed by atoms with Crippen molar-refractivity contribution in [2.24, 2.45) is 0 Å². The predicted molar refractivity (Wildman–Crippen MR) is 91.4 cm³/mol. The molecule has 1 N–H and O–H groups in total. The first-order valence-electron chi connectivity index (χ1n) is 6.74. The van der Waals surface area contributed by atoms with Gasteiger partial charge in [-0.25, -0.2) is 4.39 Å². The summed E-state index contributed by atoms with van der Waals surface area (Å²) in [6, 6.07) is 16.0. The van der Waals surface area contributed by atoms with Gasteiger partial charge in [-0.05, 0) is 36.4 Å². The van der Waals surface area contributed by atoms with Crippen LogP contribution in [0.4, 0.5) is 4.39 Å². The van der Waals surface area contributed by atoms with E-state index in [1.54, 1.807) is 18.2 Å². The summed E-state index contributed by atoms with van der Waals surface area (Å²) < 4.78 is 16.4. The van der Waals surface area contributed by atoms with Gasteiger partial charge in [0.05, 0.1) is 0 Å². The molecule has 22 heavy (non-hydrogen) atoms. The van der Waals surface area contributed by atoms with Crippen LogP contribution in [0, 0.1) is 5.82 Å². The van der Waals surface area contributed by atoms with Crippen LogP contribution in [0.1, 0.15) is 0 Å². The molecule has 4 heteroatoms. The molecule has 0 bridgehead atoms. The quantitative estimate of drug-likeness (QED) is 0.440. The van der Waals surface area contributed by atoms with Gasteiger partial charge < -0.3 is 5.11 Å². The van der Waals surface area contributed by atoms with Crippen LogP contribution in [0.5, 0.6) is 5.75 Å². The van der Waals surface area contributed by atoms with Gasteiger partial charge in [0.2, 0.25) is 0 Å². The number of phenolic OH excluding ortho intramolecular Hbond substituents is 1. The average molecular weight is 329 g/mol. The third-order valence-electron chi connectivity index (χ3n) is 3.73. The van der Waals surface area contributed by atoms with Gasteiger partial charge in [-0.15, -0.1) is 11.3 Å². The Morgan fingerprint density at radius 1 is 0.955 bits per heavy atom. The van der Waals surface area contributed by atoms with Gasteiger partial charge in [0, 0.05) is 36.3 Å². The molecule has 0 unspecified atom stereocenters. The van der Waals surface area contributed by atoms with Crippen molar-refractivity contribution in [1.29, 1.82) is 0 Å². The molecule has 0 aliphatic heterocycles. The average Bonchev–Trinajstić information content (AvgIpc) is 2.87. The van der Waals surface area contributed by atoms with Crippen molar-refractivity contribution in [3.05, 3.63) is 65.4 Å². The van der Waals surface area contributed by atoms with Crippen LogP contribution in [0.25, 0.3) is 31.3 Å². The van der Waals surface area contributed by atoms with E-state index in [9.17, 15) is 9.50 Å². The highest BCUT2D eigenvalue weighted by atomic mass is 35.5. The summed E-state index contributed by atoms with van der Waals surface area (Å²) in [7, 11) is 0. The van der Waals surface area contributed by atoms with E-state index >= 15 is 0 Å². The standard InChI is InChI=1S/C18H10ClFOS/c19-10-5-6-13(15(21)9-10)17-14(20)8-7-12-11-3-1-2-4-16(11)22-18(12)17/h1-9,21H. The highest BCUT2D eigenvalue weighted by Gasteiger charge is 2.17. The van der Waals surface area contributed by atoms with Crippen LogP contribution in [0.15, 0.2) is 54.6 Å². The van der Waals surface area contributed by atoms with Gasteiger partial charge in [0.25, 0.3) is 0 Å². The van der Waals surface area contributed by atoms with E-state index < -0.39 is 0 Å². The number of benzene rings is 3. The number of aromatic hydroxyl groups is 1. The Labute approximate surface area is 135 Å². The summed E-state index contributed by atoms with van der Waals surface area (Å²) in [5.74, 6) is -0.368. The van der Waals surface area contributed by atoms with E-state index in [1.807, 2.05) is 24.3 Å². The normalized spacial score (nSPS) is 11.4. The van der Waals surface area contributed by atoms with E-state index in [-0.39, 0.29) is 11.6 Å². The van der Waals surface area contributed by atoms with Crippen molar-refractivity contribution in [2.75, 3.05) is 0 Å². The number of halogens is 2. The van der Waals surface area contributed by atoms with Gasteiger partial charge in [0.15, 0.2) is 0 Å². The summed E-state index contributed by atoms with van der Waals surface area (Å²) in [6.45, 7) is 0. The maximum atomic E-state index is 14.5. The number of hydrogen-bond acceptors (Lipinski definition) is 2. The fourth-order valence-corrected chi connectivity index (χ4v) is 4.15. The second kappa shape index (κ2) is 4.97. The lowest BCUT2D eigenvalue weighted by molar-refractivity contribution is 0.477. The molecular weight excluding hydrogens is 319 g/mol. The van der Waals surface area contributed by atoms with Crippen molar-refractivity contribution in [2.45, 2.75) is 0 Å². The zero-order chi connectivity index (χ0) is 15.3. The van der Waals surface area contributed by atoms with E-state index in [1.165, 1.54) is 23.5 Å². The summed E-state index contributed by atoms with van der Waals surface area (Å²) in [5, 5.41) is 12.7. The smallest absolute Gasteiger partial charge is 0.132 e. The van der Waals surface area contributed by atoms with Crippen molar-refractivity contribution in [3.8, 4) is 16.9 Å². The maximum Gasteiger partial charge on any atom is 0.132 e. The lowest BCUT2D eigenvalue weighted by Crippen LogP contribution is -1.85. The minimum atomic E-state index is -0.350. The third-order valence-corrected chi connectivity index (χ3v) is 5.16. The highest BCUT2D eigenvalue weighted by molar-refractivity contribution is 7.26. The molecule has 0 radical (unpaired) electrons. The second-order valence-electron chi connectivity index (χ2n) is 5.06. The van der Waals surface area contributed by atoms with Gasteiger partial charge in [-0.3, -0.25) is 0 Å². The van der Waals surface area contributed by atoms with Gasteiger partial charge in [0.1, 0.15) is 11.6 Å². The first kappa shape index (κ1) is 13.6. The largest absolute Gasteiger partial charge is 0.507 e. The number of thiophene rings is 1. The van der Waals surface area contributed by atoms with Crippen molar-refractivity contribution >= 4 is 43.1 Å². The SMILES string of the molecule is Oc1cc(Cl)ccc1-c1c(F)ccc2c1sc1ccccc12. The summed E-state index contributed by atoms with van der Waals surface area (Å²) in [4.78, 5) is 0. The molecule has 0 amide bonds. The Morgan fingerprint density at radius 3 is 2.59 bits per heavy atom. The molecule has 4 aromatic rings. The van der Waals surface area contributed by atoms with Crippen molar-refractivity contribution in [3.63, 3.8) is 0 Å². The Hall–Kier alpha value is -2.10. The Morgan fingerprint density at radius 2 is 1.77 bits per heavy atom. The van der Waals surface area contributed by atoms with E-state index in [4.69, 9.17) is 11.6 Å². The second-order valence-corrected chi connectivity index (χ2v) is 6.55. The fraction of sp³-hybridized carbons (Fsp3) is 0. The zero-order valence-corrected chi connectivity index (χ0v) is 12.9. The van der Waals surface area contributed by atoms with Crippen molar-refractivity contribution in [1.82, 2.24) is 0 Å². The topological polar surface area (TPSA) is 20.2 Å². The fourth-order valence-electron chi connectivity index (χ4n) is 2.73. The van der Waals surface area contributed by atoms with Crippen LogP contribution < -0.4 is 0 Å². The first-order chi connectivity index (χ1) is 10.6. The molecular formula is C18H10ClFOS. The van der Waals surface area contributed by atoms with Crippen LogP contribution in [0.2, 0.25) is 5.02 Å². The molecule has 0 saturated heterocycles. The molecule has 1 aromatic heterocycles. The van der Waals surface area contributed by atoms with Gasteiger partial charge in [-0.1, -0.05) is 29.8 Å². The zero-order valence-electron chi connectivity index (χ0n) is 11.3. The number of phenols is 1. The van der Waals surface area contributed by atoms with Crippen LogP contribution >= 0.6 is 22.9 Å². The molecule has 1 nitrogen and oxygen atoms in total. The Balaban J connectivity index is 2.14. The minimum Gasteiger partial charge on any atom is -0.507 e. The monoisotopic (exact) mass is 328 g/mol. The number of fused-ring (bicyclic) bond motifs is 3. The lowest BCUT2D eigenvalue weighted by Gasteiger charge is -2.08. The Kier molecular flexibility index (Phi) is 3.06. The predicted octanol–water partition coefficient (Wildman–Crippen LogP) is 6.22. The minimum absolute atomic E-state index is 0.0173. The molecule has 4 rings (SSSR count). The van der Waals surface area contributed by atoms with Crippen LogP contribution in [-0.2, 0) is 0 Å². The summed E-state index contributed by atoms with van der Waals surface area (Å²) >= 11 is 7.40. The molecule has 0 atom stereocenters. The maximum absolute atomic E-state index is 14.5.